The fraction of sp³-hybridized carbons (Fsp3) is 0.667. The van der Waals surface area contributed by atoms with Gasteiger partial charge in [-0.2, -0.15) is 0 Å². The predicted molar refractivity (Wildman–Crippen MR) is 127 cm³/mol. The predicted octanol–water partition coefficient (Wildman–Crippen LogP) is 3.03. The van der Waals surface area contributed by atoms with E-state index in [1.165, 1.54) is 0 Å². The van der Waals surface area contributed by atoms with Crippen molar-refractivity contribution in [3.63, 3.8) is 0 Å². The van der Waals surface area contributed by atoms with Gasteiger partial charge in [0.2, 0.25) is 0 Å². The Labute approximate surface area is 187 Å². The van der Waals surface area contributed by atoms with Crippen LogP contribution in [0.3, 0.4) is 0 Å². The summed E-state index contributed by atoms with van der Waals surface area (Å²) in [6.07, 6.45) is 0. The van der Waals surface area contributed by atoms with E-state index in [-0.39, 0.29) is 24.0 Å². The molecular weight excluding hydrogens is 467 g/mol. The number of rotatable bonds is 8. The summed E-state index contributed by atoms with van der Waals surface area (Å²) in [6, 6.07) is 6.72. The van der Waals surface area contributed by atoms with Crippen LogP contribution in [-0.4, -0.2) is 63.4 Å². The first-order valence-corrected chi connectivity index (χ1v) is 10.0. The summed E-state index contributed by atoms with van der Waals surface area (Å²) < 4.78 is 10.9. The van der Waals surface area contributed by atoms with Crippen molar-refractivity contribution in [2.24, 2.45) is 10.9 Å². The second-order valence-electron chi connectivity index (χ2n) is 7.34. The molecule has 160 valence electrons. The average Bonchev–Trinajstić information content (AvgIpc) is 2.67. The fourth-order valence-electron chi connectivity index (χ4n) is 3.37. The van der Waals surface area contributed by atoms with Crippen LogP contribution in [0.15, 0.2) is 23.2 Å². The Morgan fingerprint density at radius 1 is 1.25 bits per heavy atom. The lowest BCUT2D eigenvalue weighted by atomic mass is 10.0. The van der Waals surface area contributed by atoms with Crippen LogP contribution in [0, 0.1) is 12.8 Å². The maximum atomic E-state index is 5.50. The molecule has 0 spiro atoms. The zero-order chi connectivity index (χ0) is 19.6. The largest absolute Gasteiger partial charge is 0.496 e. The second kappa shape index (κ2) is 13.2. The number of nitrogens with zero attached hydrogens (tertiary/aromatic N) is 2. The van der Waals surface area contributed by atoms with Crippen molar-refractivity contribution in [3.05, 3.63) is 29.3 Å². The van der Waals surface area contributed by atoms with Gasteiger partial charge in [0.05, 0.1) is 26.9 Å². The molecule has 1 heterocycles. The number of hydrogen-bond acceptors (Lipinski definition) is 4. The number of aryl methyl sites for hydroxylation is 1. The van der Waals surface area contributed by atoms with E-state index in [9.17, 15) is 0 Å². The summed E-state index contributed by atoms with van der Waals surface area (Å²) in [7, 11) is 1.71. The Morgan fingerprint density at radius 3 is 2.57 bits per heavy atom. The molecule has 1 saturated heterocycles. The van der Waals surface area contributed by atoms with Crippen molar-refractivity contribution in [3.8, 4) is 5.75 Å². The quantitative estimate of drug-likeness (QED) is 0.324. The third-order valence-electron chi connectivity index (χ3n) is 5.00. The molecule has 2 rings (SSSR count). The van der Waals surface area contributed by atoms with Gasteiger partial charge in [-0.3, -0.25) is 4.90 Å². The molecule has 28 heavy (non-hydrogen) atoms. The Morgan fingerprint density at radius 2 is 1.96 bits per heavy atom. The zero-order valence-corrected chi connectivity index (χ0v) is 20.3. The van der Waals surface area contributed by atoms with Gasteiger partial charge in [0.15, 0.2) is 5.96 Å². The number of nitrogens with one attached hydrogen (secondary N) is 2. The molecular formula is C21H37IN4O2. The van der Waals surface area contributed by atoms with Crippen molar-refractivity contribution in [2.45, 2.75) is 40.3 Å². The molecule has 0 radical (unpaired) electrons. The molecule has 0 aromatic heterocycles. The number of morpholine rings is 1. The van der Waals surface area contributed by atoms with E-state index < -0.39 is 0 Å². The van der Waals surface area contributed by atoms with Crippen molar-refractivity contribution in [1.29, 1.82) is 0 Å². The zero-order valence-electron chi connectivity index (χ0n) is 18.0. The van der Waals surface area contributed by atoms with Gasteiger partial charge in [-0.25, -0.2) is 4.99 Å². The van der Waals surface area contributed by atoms with Gasteiger partial charge < -0.3 is 20.1 Å². The number of hydrogen-bond donors (Lipinski definition) is 2. The van der Waals surface area contributed by atoms with Gasteiger partial charge in [-0.1, -0.05) is 26.0 Å². The highest BCUT2D eigenvalue weighted by molar-refractivity contribution is 14.0. The highest BCUT2D eigenvalue weighted by atomic mass is 127. The van der Waals surface area contributed by atoms with Crippen LogP contribution in [0.4, 0.5) is 0 Å². The van der Waals surface area contributed by atoms with E-state index in [0.717, 1.165) is 62.2 Å². The topological polar surface area (TPSA) is 58.1 Å². The molecule has 1 unspecified atom stereocenters. The highest BCUT2D eigenvalue weighted by Crippen LogP contribution is 2.19. The van der Waals surface area contributed by atoms with Crippen molar-refractivity contribution in [1.82, 2.24) is 15.5 Å². The van der Waals surface area contributed by atoms with E-state index in [4.69, 9.17) is 14.5 Å². The number of methoxy groups -OCH3 is 1. The average molecular weight is 504 g/mol. The fourth-order valence-corrected chi connectivity index (χ4v) is 3.37. The first-order valence-electron chi connectivity index (χ1n) is 10.0. The molecule has 1 aliphatic rings. The summed E-state index contributed by atoms with van der Waals surface area (Å²) in [5.74, 6) is 2.34. The summed E-state index contributed by atoms with van der Waals surface area (Å²) in [6.45, 7) is 14.7. The Bertz CT molecular complexity index is 604. The molecule has 1 aliphatic heterocycles. The van der Waals surface area contributed by atoms with Crippen LogP contribution < -0.4 is 15.4 Å². The lowest BCUT2D eigenvalue weighted by Gasteiger charge is -2.37. The Hall–Kier alpha value is -1.06. The molecule has 7 heteroatoms. The van der Waals surface area contributed by atoms with E-state index in [2.05, 4.69) is 61.4 Å². The van der Waals surface area contributed by atoms with Crippen molar-refractivity contribution >= 4 is 29.9 Å². The van der Waals surface area contributed by atoms with Gasteiger partial charge in [-0.05, 0) is 37.0 Å². The van der Waals surface area contributed by atoms with Gasteiger partial charge in [0.1, 0.15) is 5.75 Å². The lowest BCUT2D eigenvalue weighted by molar-refractivity contribution is 0.00752. The lowest BCUT2D eigenvalue weighted by Crippen LogP contribution is -2.52. The Balaban J connectivity index is 0.00000392. The summed E-state index contributed by atoms with van der Waals surface area (Å²) in [4.78, 5) is 7.28. The van der Waals surface area contributed by atoms with E-state index in [1.807, 2.05) is 0 Å². The van der Waals surface area contributed by atoms with Crippen LogP contribution in [0.5, 0.6) is 5.75 Å². The van der Waals surface area contributed by atoms with E-state index >= 15 is 0 Å². The number of aliphatic imine (C=N–C) groups is 1. The standard InChI is InChI=1S/C21H36N4O2.HI/c1-6-22-21(23-14-18-8-7-17(4)20(13-18)26-5)24-15-19(16(2)3)25-9-11-27-12-10-25;/h7-8,13,16,19H,6,9-12,14-15H2,1-5H3,(H2,22,23,24);1H. The summed E-state index contributed by atoms with van der Waals surface area (Å²) >= 11 is 0. The molecule has 0 amide bonds. The minimum atomic E-state index is 0. The third-order valence-corrected chi connectivity index (χ3v) is 5.00. The van der Waals surface area contributed by atoms with Crippen LogP contribution in [0.1, 0.15) is 31.9 Å². The van der Waals surface area contributed by atoms with Gasteiger partial charge in [-0.15, -0.1) is 24.0 Å². The molecule has 6 nitrogen and oxygen atoms in total. The smallest absolute Gasteiger partial charge is 0.191 e. The number of benzene rings is 1. The summed E-state index contributed by atoms with van der Waals surface area (Å²) in [5.41, 5.74) is 2.28. The van der Waals surface area contributed by atoms with Crippen LogP contribution in [-0.2, 0) is 11.3 Å². The molecule has 0 saturated carbocycles. The van der Waals surface area contributed by atoms with Gasteiger partial charge >= 0.3 is 0 Å². The molecule has 0 bridgehead atoms. The first kappa shape index (κ1) is 25.0. The number of ether oxygens (including phenoxy) is 2. The SMILES string of the molecule is CCNC(=NCc1ccc(C)c(OC)c1)NCC(C(C)C)N1CCOCC1.I. The monoisotopic (exact) mass is 504 g/mol. The van der Waals surface area contributed by atoms with E-state index in [0.29, 0.717) is 18.5 Å². The second-order valence-corrected chi connectivity index (χ2v) is 7.34. The van der Waals surface area contributed by atoms with Gasteiger partial charge in [0, 0.05) is 32.2 Å². The summed E-state index contributed by atoms with van der Waals surface area (Å²) in [5, 5.41) is 6.89. The normalized spacial score (nSPS) is 16.4. The minimum Gasteiger partial charge on any atom is -0.496 e. The Kier molecular flexibility index (Phi) is 11.8. The first-order chi connectivity index (χ1) is 13.0. The van der Waals surface area contributed by atoms with Gasteiger partial charge in [0.25, 0.3) is 0 Å². The number of guanidine groups is 1. The van der Waals surface area contributed by atoms with Crippen LogP contribution >= 0.6 is 24.0 Å². The third kappa shape index (κ3) is 7.75. The van der Waals surface area contributed by atoms with Crippen LogP contribution in [0.25, 0.3) is 0 Å². The van der Waals surface area contributed by atoms with Crippen molar-refractivity contribution in [2.75, 3.05) is 46.5 Å². The van der Waals surface area contributed by atoms with Crippen molar-refractivity contribution < 1.29 is 9.47 Å². The molecule has 1 atom stereocenters. The molecule has 2 N–H and O–H groups in total. The van der Waals surface area contributed by atoms with E-state index in [1.54, 1.807) is 7.11 Å². The number of halogens is 1. The van der Waals surface area contributed by atoms with Crippen LogP contribution in [0.2, 0.25) is 0 Å². The maximum Gasteiger partial charge on any atom is 0.191 e. The molecule has 0 aliphatic carbocycles. The molecule has 1 fully saturated rings. The molecule has 1 aromatic carbocycles. The maximum absolute atomic E-state index is 5.50. The molecule has 1 aromatic rings. The highest BCUT2D eigenvalue weighted by Gasteiger charge is 2.23. The minimum absolute atomic E-state index is 0.